The zero-order chi connectivity index (χ0) is 16.5. The van der Waals surface area contributed by atoms with Crippen LogP contribution in [-0.2, 0) is 14.4 Å². The van der Waals surface area contributed by atoms with Crippen molar-refractivity contribution in [3.05, 3.63) is 30.3 Å². The Morgan fingerprint density at radius 2 is 1.52 bits per heavy atom. The number of benzene rings is 1. The van der Waals surface area contributed by atoms with E-state index in [9.17, 15) is 14.4 Å². The number of hydrogen-bond acceptors (Lipinski definition) is 3. The fourth-order valence-electron chi connectivity index (χ4n) is 2.63. The first-order valence-corrected chi connectivity index (χ1v) is 8.09. The van der Waals surface area contributed by atoms with E-state index in [2.05, 4.69) is 16.2 Å². The van der Waals surface area contributed by atoms with Crippen LogP contribution in [0.4, 0.5) is 5.69 Å². The van der Waals surface area contributed by atoms with E-state index < -0.39 is 0 Å². The number of para-hydroxylation sites is 1. The lowest BCUT2D eigenvalue weighted by Crippen LogP contribution is -2.45. The molecule has 0 bridgehead atoms. The molecule has 0 aromatic heterocycles. The molecule has 6 nitrogen and oxygen atoms in total. The summed E-state index contributed by atoms with van der Waals surface area (Å²) in [6.07, 6.45) is 5.15. The van der Waals surface area contributed by atoms with Crippen LogP contribution in [0.5, 0.6) is 0 Å². The SMILES string of the molecule is O=C(CCC(=O)Nc1ccccc1)NNC(=O)C1CCCCC1. The van der Waals surface area contributed by atoms with Gasteiger partial charge in [-0.1, -0.05) is 37.5 Å². The maximum atomic E-state index is 11.9. The lowest BCUT2D eigenvalue weighted by Gasteiger charge is -2.20. The summed E-state index contributed by atoms with van der Waals surface area (Å²) >= 11 is 0. The first-order valence-electron chi connectivity index (χ1n) is 8.09. The van der Waals surface area contributed by atoms with Gasteiger partial charge in [-0.3, -0.25) is 25.2 Å². The van der Waals surface area contributed by atoms with Gasteiger partial charge in [-0.2, -0.15) is 0 Å². The molecule has 0 saturated heterocycles. The van der Waals surface area contributed by atoms with Crippen molar-refractivity contribution < 1.29 is 14.4 Å². The van der Waals surface area contributed by atoms with Crippen LogP contribution in [0.3, 0.4) is 0 Å². The molecule has 23 heavy (non-hydrogen) atoms. The van der Waals surface area contributed by atoms with E-state index in [1.165, 1.54) is 6.42 Å². The number of anilines is 1. The second kappa shape index (κ2) is 8.92. The van der Waals surface area contributed by atoms with Gasteiger partial charge in [-0.05, 0) is 25.0 Å². The minimum absolute atomic E-state index is 0.00886. The summed E-state index contributed by atoms with van der Waals surface area (Å²) in [5.41, 5.74) is 5.53. The fraction of sp³-hybridized carbons (Fsp3) is 0.471. The van der Waals surface area contributed by atoms with Gasteiger partial charge in [0.2, 0.25) is 17.7 Å². The molecular weight excluding hydrogens is 294 g/mol. The molecule has 0 spiro atoms. The Morgan fingerprint density at radius 3 is 2.22 bits per heavy atom. The summed E-state index contributed by atoms with van der Waals surface area (Å²) < 4.78 is 0. The van der Waals surface area contributed by atoms with E-state index >= 15 is 0 Å². The van der Waals surface area contributed by atoms with E-state index in [-0.39, 0.29) is 36.5 Å². The minimum Gasteiger partial charge on any atom is -0.326 e. The monoisotopic (exact) mass is 317 g/mol. The molecule has 0 heterocycles. The number of rotatable bonds is 5. The Labute approximate surface area is 136 Å². The molecule has 1 aromatic carbocycles. The number of carbonyl (C=O) groups excluding carboxylic acids is 3. The van der Waals surface area contributed by atoms with Crippen molar-refractivity contribution >= 4 is 23.4 Å². The molecule has 0 unspecified atom stereocenters. The van der Waals surface area contributed by atoms with Crippen LogP contribution in [0.25, 0.3) is 0 Å². The topological polar surface area (TPSA) is 87.3 Å². The Bertz CT molecular complexity index is 539. The van der Waals surface area contributed by atoms with Gasteiger partial charge in [0, 0.05) is 24.4 Å². The van der Waals surface area contributed by atoms with Gasteiger partial charge in [0.1, 0.15) is 0 Å². The third kappa shape index (κ3) is 6.10. The average Bonchev–Trinajstić information content (AvgIpc) is 2.59. The molecule has 0 radical (unpaired) electrons. The predicted molar refractivity (Wildman–Crippen MR) is 87.2 cm³/mol. The van der Waals surface area contributed by atoms with Crippen LogP contribution < -0.4 is 16.2 Å². The summed E-state index contributed by atoms with van der Waals surface area (Å²) in [5.74, 6) is -0.737. The van der Waals surface area contributed by atoms with Gasteiger partial charge in [-0.15, -0.1) is 0 Å². The minimum atomic E-state index is -0.364. The molecule has 124 valence electrons. The smallest absolute Gasteiger partial charge is 0.241 e. The van der Waals surface area contributed by atoms with Gasteiger partial charge < -0.3 is 5.32 Å². The predicted octanol–water partition coefficient (Wildman–Crippen LogP) is 2.13. The van der Waals surface area contributed by atoms with E-state index in [1.807, 2.05) is 18.2 Å². The maximum absolute atomic E-state index is 11.9. The Balaban J connectivity index is 1.62. The molecule has 1 aromatic rings. The second-order valence-corrected chi connectivity index (χ2v) is 5.79. The van der Waals surface area contributed by atoms with Gasteiger partial charge in [-0.25, -0.2) is 0 Å². The van der Waals surface area contributed by atoms with Crippen LogP contribution >= 0.6 is 0 Å². The Kier molecular flexibility index (Phi) is 6.59. The highest BCUT2D eigenvalue weighted by molar-refractivity contribution is 5.93. The van der Waals surface area contributed by atoms with Crippen molar-refractivity contribution in [2.45, 2.75) is 44.9 Å². The first-order chi connectivity index (χ1) is 11.1. The van der Waals surface area contributed by atoms with Crippen LogP contribution in [0.2, 0.25) is 0 Å². The summed E-state index contributed by atoms with van der Waals surface area (Å²) in [4.78, 5) is 35.3. The van der Waals surface area contributed by atoms with Crippen molar-refractivity contribution in [1.29, 1.82) is 0 Å². The van der Waals surface area contributed by atoms with Crippen molar-refractivity contribution in [1.82, 2.24) is 10.9 Å². The van der Waals surface area contributed by atoms with Crippen molar-refractivity contribution in [2.75, 3.05) is 5.32 Å². The molecule has 1 fully saturated rings. The van der Waals surface area contributed by atoms with E-state index in [0.29, 0.717) is 5.69 Å². The Hall–Kier alpha value is -2.37. The average molecular weight is 317 g/mol. The third-order valence-electron chi connectivity index (χ3n) is 3.94. The van der Waals surface area contributed by atoms with Gasteiger partial charge >= 0.3 is 0 Å². The number of amides is 3. The van der Waals surface area contributed by atoms with Crippen molar-refractivity contribution in [3.63, 3.8) is 0 Å². The summed E-state index contributed by atoms with van der Waals surface area (Å²) in [6.45, 7) is 0. The van der Waals surface area contributed by atoms with Gasteiger partial charge in [0.25, 0.3) is 0 Å². The van der Waals surface area contributed by atoms with Gasteiger partial charge in [0.05, 0.1) is 0 Å². The fourth-order valence-corrected chi connectivity index (χ4v) is 2.63. The molecule has 6 heteroatoms. The first kappa shape index (κ1) is 17.0. The number of carbonyl (C=O) groups is 3. The van der Waals surface area contributed by atoms with Crippen molar-refractivity contribution in [2.24, 2.45) is 5.92 Å². The van der Waals surface area contributed by atoms with Crippen LogP contribution in [0, 0.1) is 5.92 Å². The van der Waals surface area contributed by atoms with E-state index in [4.69, 9.17) is 0 Å². The standard InChI is InChI=1S/C17H23N3O3/c21-15(18-14-9-5-2-6-10-14)11-12-16(22)19-20-17(23)13-7-3-1-4-8-13/h2,5-6,9-10,13H,1,3-4,7-8,11-12H2,(H,18,21)(H,19,22)(H,20,23). The highest BCUT2D eigenvalue weighted by atomic mass is 16.2. The zero-order valence-electron chi connectivity index (χ0n) is 13.1. The van der Waals surface area contributed by atoms with Crippen LogP contribution in [-0.4, -0.2) is 17.7 Å². The maximum Gasteiger partial charge on any atom is 0.241 e. The van der Waals surface area contributed by atoms with Crippen LogP contribution in [0.15, 0.2) is 30.3 Å². The molecule has 1 saturated carbocycles. The second-order valence-electron chi connectivity index (χ2n) is 5.79. The molecule has 2 rings (SSSR count). The number of nitrogens with one attached hydrogen (secondary N) is 3. The van der Waals surface area contributed by atoms with Crippen molar-refractivity contribution in [3.8, 4) is 0 Å². The molecule has 3 amide bonds. The third-order valence-corrected chi connectivity index (χ3v) is 3.94. The quantitative estimate of drug-likeness (QED) is 0.727. The van der Waals surface area contributed by atoms with E-state index in [0.717, 1.165) is 25.7 Å². The zero-order valence-corrected chi connectivity index (χ0v) is 13.1. The molecule has 1 aliphatic carbocycles. The molecule has 0 atom stereocenters. The highest BCUT2D eigenvalue weighted by Crippen LogP contribution is 2.23. The normalized spacial score (nSPS) is 14.8. The highest BCUT2D eigenvalue weighted by Gasteiger charge is 2.21. The molecular formula is C17H23N3O3. The molecule has 1 aliphatic rings. The van der Waals surface area contributed by atoms with Crippen LogP contribution in [0.1, 0.15) is 44.9 Å². The summed E-state index contributed by atoms with van der Waals surface area (Å²) in [5, 5.41) is 2.71. The number of hydrogen-bond donors (Lipinski definition) is 3. The largest absolute Gasteiger partial charge is 0.326 e. The summed E-state index contributed by atoms with van der Waals surface area (Å²) in [7, 11) is 0. The lowest BCUT2D eigenvalue weighted by atomic mass is 9.89. The summed E-state index contributed by atoms with van der Waals surface area (Å²) in [6, 6.07) is 9.06. The Morgan fingerprint density at radius 1 is 0.870 bits per heavy atom. The van der Waals surface area contributed by atoms with E-state index in [1.54, 1.807) is 12.1 Å². The number of hydrazine groups is 1. The lowest BCUT2D eigenvalue weighted by molar-refractivity contribution is -0.132. The molecule has 3 N–H and O–H groups in total. The molecule has 0 aliphatic heterocycles. The van der Waals surface area contributed by atoms with Gasteiger partial charge in [0.15, 0.2) is 0 Å².